The quantitative estimate of drug-likeness (QED) is 0.843. The van der Waals surface area contributed by atoms with E-state index in [0.717, 1.165) is 0 Å². The van der Waals surface area contributed by atoms with Gasteiger partial charge in [-0.2, -0.15) is 13.2 Å². The van der Waals surface area contributed by atoms with E-state index in [4.69, 9.17) is 5.73 Å². The minimum Gasteiger partial charge on any atom is -0.393 e. The molecular formula is C7H9F3N4S2. The number of hydrogen-bond acceptors (Lipinski definition) is 5. The molecule has 90 valence electrons. The Hall–Kier alpha value is -0.960. The van der Waals surface area contributed by atoms with Crippen molar-refractivity contribution in [2.45, 2.75) is 12.6 Å². The summed E-state index contributed by atoms with van der Waals surface area (Å²) in [7, 11) is 1.61. The summed E-state index contributed by atoms with van der Waals surface area (Å²) in [5.41, 5.74) is 5.29. The van der Waals surface area contributed by atoms with E-state index in [1.54, 1.807) is 7.05 Å². The van der Waals surface area contributed by atoms with E-state index in [0.29, 0.717) is 29.3 Å². The highest BCUT2D eigenvalue weighted by Gasteiger charge is 2.35. The zero-order valence-electron chi connectivity index (χ0n) is 8.28. The van der Waals surface area contributed by atoms with Crippen molar-refractivity contribution in [3.63, 3.8) is 0 Å². The Bertz CT molecular complexity index is 376. The van der Waals surface area contributed by atoms with Crippen LogP contribution >= 0.6 is 23.6 Å². The number of nitrogens with zero attached hydrogens (tertiary/aromatic N) is 3. The monoisotopic (exact) mass is 270 g/mol. The fourth-order valence-electron chi connectivity index (χ4n) is 0.858. The number of rotatable bonds is 4. The molecule has 1 aromatic heterocycles. The van der Waals surface area contributed by atoms with E-state index >= 15 is 0 Å². The fourth-order valence-corrected chi connectivity index (χ4v) is 1.65. The minimum absolute atomic E-state index is 0.198. The number of halogens is 3. The molecule has 0 atom stereocenters. The lowest BCUT2D eigenvalue weighted by Crippen LogP contribution is -2.23. The smallest absolute Gasteiger partial charge is 0.393 e. The van der Waals surface area contributed by atoms with Crippen LogP contribution in [0.2, 0.25) is 0 Å². The molecular weight excluding hydrogens is 261 g/mol. The van der Waals surface area contributed by atoms with Gasteiger partial charge in [0, 0.05) is 20.0 Å². The van der Waals surface area contributed by atoms with E-state index in [1.807, 2.05) is 0 Å². The molecule has 0 amide bonds. The first kappa shape index (κ1) is 13.1. The number of alkyl halides is 3. The maximum Gasteiger partial charge on any atom is 0.445 e. The van der Waals surface area contributed by atoms with Crippen LogP contribution in [0.5, 0.6) is 0 Å². The van der Waals surface area contributed by atoms with Crippen molar-refractivity contribution in [2.75, 3.05) is 18.5 Å². The van der Waals surface area contributed by atoms with Crippen LogP contribution in [0.1, 0.15) is 11.4 Å². The van der Waals surface area contributed by atoms with E-state index in [2.05, 4.69) is 22.4 Å². The van der Waals surface area contributed by atoms with Gasteiger partial charge in [0.2, 0.25) is 10.1 Å². The highest BCUT2D eigenvalue weighted by Crippen LogP contribution is 2.33. The van der Waals surface area contributed by atoms with E-state index in [9.17, 15) is 13.2 Å². The molecule has 0 aromatic carbocycles. The molecule has 1 heterocycles. The highest BCUT2D eigenvalue weighted by molar-refractivity contribution is 7.80. The average molecular weight is 270 g/mol. The van der Waals surface area contributed by atoms with Gasteiger partial charge in [-0.25, -0.2) is 0 Å². The van der Waals surface area contributed by atoms with Gasteiger partial charge in [-0.3, -0.25) is 0 Å². The third-order valence-electron chi connectivity index (χ3n) is 1.68. The summed E-state index contributed by atoms with van der Waals surface area (Å²) in [5, 5.41) is 5.77. The van der Waals surface area contributed by atoms with Crippen molar-refractivity contribution >= 4 is 33.7 Å². The normalized spacial score (nSPS) is 11.5. The van der Waals surface area contributed by atoms with Crippen LogP contribution in [-0.2, 0) is 6.18 Å². The summed E-state index contributed by atoms with van der Waals surface area (Å²) in [6.45, 7) is 0.418. The lowest BCUT2D eigenvalue weighted by Gasteiger charge is -2.13. The maximum atomic E-state index is 12.2. The molecule has 0 fully saturated rings. The van der Waals surface area contributed by atoms with Crippen LogP contribution in [-0.4, -0.2) is 28.8 Å². The molecule has 0 saturated carbocycles. The standard InChI is InChI=1S/C7H9F3N4S2/c1-14(3-2-4(11)15)6-13-12-5(16-6)7(8,9)10/h2-3H2,1H3,(H2,11,15). The van der Waals surface area contributed by atoms with E-state index < -0.39 is 11.2 Å². The second-order valence-electron chi connectivity index (χ2n) is 3.03. The lowest BCUT2D eigenvalue weighted by atomic mass is 10.4. The predicted molar refractivity (Wildman–Crippen MR) is 59.6 cm³/mol. The van der Waals surface area contributed by atoms with Gasteiger partial charge in [0.1, 0.15) is 0 Å². The van der Waals surface area contributed by atoms with Gasteiger partial charge in [0.25, 0.3) is 0 Å². The summed E-state index contributed by atoms with van der Waals surface area (Å²) in [4.78, 5) is 1.85. The van der Waals surface area contributed by atoms with Crippen molar-refractivity contribution in [3.8, 4) is 0 Å². The lowest BCUT2D eigenvalue weighted by molar-refractivity contribution is -0.138. The van der Waals surface area contributed by atoms with Gasteiger partial charge < -0.3 is 10.6 Å². The maximum absolute atomic E-state index is 12.2. The van der Waals surface area contributed by atoms with E-state index in [1.165, 1.54) is 4.90 Å². The largest absolute Gasteiger partial charge is 0.445 e. The van der Waals surface area contributed by atoms with Crippen molar-refractivity contribution in [1.29, 1.82) is 0 Å². The van der Waals surface area contributed by atoms with Gasteiger partial charge in [0.15, 0.2) is 0 Å². The summed E-state index contributed by atoms with van der Waals surface area (Å²) in [6, 6.07) is 0. The first-order valence-corrected chi connectivity index (χ1v) is 5.43. The second-order valence-corrected chi connectivity index (χ2v) is 4.51. The van der Waals surface area contributed by atoms with E-state index in [-0.39, 0.29) is 5.13 Å². The van der Waals surface area contributed by atoms with Gasteiger partial charge in [-0.15, -0.1) is 10.2 Å². The van der Waals surface area contributed by atoms with Crippen molar-refractivity contribution in [1.82, 2.24) is 10.2 Å². The molecule has 0 spiro atoms. The van der Waals surface area contributed by atoms with Crippen LogP contribution in [0, 0.1) is 0 Å². The topological polar surface area (TPSA) is 55.0 Å². The number of thiocarbonyl (C=S) groups is 1. The molecule has 16 heavy (non-hydrogen) atoms. The molecule has 9 heteroatoms. The molecule has 0 bridgehead atoms. The van der Waals surface area contributed by atoms with Crippen LogP contribution in [0.4, 0.5) is 18.3 Å². The van der Waals surface area contributed by atoms with Gasteiger partial charge in [0.05, 0.1) is 4.99 Å². The molecule has 4 nitrogen and oxygen atoms in total. The number of nitrogens with two attached hydrogens (primary N) is 1. The number of aromatic nitrogens is 2. The summed E-state index contributed by atoms with van der Waals surface area (Å²) in [5.74, 6) is 0. The Kier molecular flexibility index (Phi) is 4.03. The fraction of sp³-hybridized carbons (Fsp3) is 0.571. The Balaban J connectivity index is 2.67. The molecule has 1 aromatic rings. The van der Waals surface area contributed by atoms with Crippen LogP contribution < -0.4 is 10.6 Å². The summed E-state index contributed by atoms with van der Waals surface area (Å²) in [6.07, 6.45) is -4.02. The first-order chi connectivity index (χ1) is 7.30. The van der Waals surface area contributed by atoms with Gasteiger partial charge in [-0.05, 0) is 0 Å². The Labute approximate surface area is 99.3 Å². The predicted octanol–water partition coefficient (Wildman–Crippen LogP) is 1.67. The Morgan fingerprint density at radius 2 is 2.12 bits per heavy atom. The van der Waals surface area contributed by atoms with Crippen LogP contribution in [0.25, 0.3) is 0 Å². The zero-order chi connectivity index (χ0) is 12.3. The van der Waals surface area contributed by atoms with Crippen LogP contribution in [0.3, 0.4) is 0 Å². The molecule has 2 N–H and O–H groups in total. The molecule has 0 aliphatic heterocycles. The first-order valence-electron chi connectivity index (χ1n) is 4.21. The van der Waals surface area contributed by atoms with Gasteiger partial charge in [-0.1, -0.05) is 23.6 Å². The molecule has 0 aliphatic rings. The Morgan fingerprint density at radius 1 is 1.50 bits per heavy atom. The highest BCUT2D eigenvalue weighted by atomic mass is 32.1. The second kappa shape index (κ2) is 4.91. The third-order valence-corrected chi connectivity index (χ3v) is 2.96. The Morgan fingerprint density at radius 3 is 2.56 bits per heavy atom. The van der Waals surface area contributed by atoms with Crippen molar-refractivity contribution in [2.24, 2.45) is 5.73 Å². The third kappa shape index (κ3) is 3.56. The minimum atomic E-state index is -4.44. The molecule has 0 radical (unpaired) electrons. The van der Waals surface area contributed by atoms with Crippen molar-refractivity contribution in [3.05, 3.63) is 5.01 Å². The molecule has 0 unspecified atom stereocenters. The SMILES string of the molecule is CN(CCC(N)=S)c1nnc(C(F)(F)F)s1. The van der Waals surface area contributed by atoms with Crippen LogP contribution in [0.15, 0.2) is 0 Å². The summed E-state index contributed by atoms with van der Waals surface area (Å²) >= 11 is 5.16. The van der Waals surface area contributed by atoms with Gasteiger partial charge >= 0.3 is 6.18 Å². The number of anilines is 1. The summed E-state index contributed by atoms with van der Waals surface area (Å²) < 4.78 is 36.7. The zero-order valence-corrected chi connectivity index (χ0v) is 9.92. The molecule has 1 rings (SSSR count). The average Bonchev–Trinajstić information content (AvgIpc) is 2.61. The molecule has 0 aliphatic carbocycles. The number of hydrogen-bond donors (Lipinski definition) is 1. The van der Waals surface area contributed by atoms with Crippen molar-refractivity contribution < 1.29 is 13.2 Å². The molecule has 0 saturated heterocycles.